The molecule has 0 saturated carbocycles. The summed E-state index contributed by atoms with van der Waals surface area (Å²) in [5.74, 6) is -1.13. The van der Waals surface area contributed by atoms with Gasteiger partial charge in [0.2, 0.25) is 17.3 Å². The zero-order valence-corrected chi connectivity index (χ0v) is 13.7. The Kier molecular flexibility index (Phi) is 3.59. The number of nitrogens with zero attached hydrogens (tertiary/aromatic N) is 1. The highest BCUT2D eigenvalue weighted by molar-refractivity contribution is 6.22. The Morgan fingerprint density at radius 2 is 2.13 bits per heavy atom. The van der Waals surface area contributed by atoms with Gasteiger partial charge in [-0.25, -0.2) is 0 Å². The molecule has 2 heterocycles. The highest BCUT2D eigenvalue weighted by Gasteiger charge is 2.72. The second-order valence-corrected chi connectivity index (χ2v) is 6.74. The second-order valence-electron chi connectivity index (χ2n) is 6.74. The quantitative estimate of drug-likeness (QED) is 0.635. The maximum absolute atomic E-state index is 12.9. The molecule has 2 fully saturated rings. The Morgan fingerprint density at radius 3 is 2.74 bits per heavy atom. The second kappa shape index (κ2) is 5.13. The zero-order chi connectivity index (χ0) is 17.0. The number of rotatable bonds is 3. The Labute approximate surface area is 136 Å². The van der Waals surface area contributed by atoms with Crippen molar-refractivity contribution in [1.29, 1.82) is 0 Å². The van der Waals surface area contributed by atoms with Gasteiger partial charge in [0, 0.05) is 12.8 Å². The van der Waals surface area contributed by atoms with Crippen molar-refractivity contribution in [2.45, 2.75) is 69.6 Å². The number of carbonyl (C=O) groups is 3. The van der Waals surface area contributed by atoms with Crippen LogP contribution in [-0.2, 0) is 14.4 Å². The largest absolute Gasteiger partial charge is 0.372 e. The van der Waals surface area contributed by atoms with Crippen LogP contribution in [0.2, 0.25) is 0 Å². The standard InChI is InChI=1S/C18H23NO4/c1-4-12-9-10-17-13(7-6-8-15(21)19(12)17)11(3)16(22)18(17,23)14(20)5-2/h4,12,23H,1,5-10H2,2-3H3/t12-,17-,18-/m0/s1. The summed E-state index contributed by atoms with van der Waals surface area (Å²) >= 11 is 0. The van der Waals surface area contributed by atoms with E-state index in [4.69, 9.17) is 0 Å². The molecular formula is C18H23NO4. The van der Waals surface area contributed by atoms with Gasteiger partial charge in [0.15, 0.2) is 5.78 Å². The van der Waals surface area contributed by atoms with Crippen molar-refractivity contribution in [3.63, 3.8) is 0 Å². The minimum atomic E-state index is -2.14. The summed E-state index contributed by atoms with van der Waals surface area (Å²) in [5.41, 5.74) is -2.10. The Morgan fingerprint density at radius 1 is 1.43 bits per heavy atom. The summed E-state index contributed by atoms with van der Waals surface area (Å²) < 4.78 is 0. The fourth-order valence-corrected chi connectivity index (χ4v) is 4.83. The highest BCUT2D eigenvalue weighted by Crippen LogP contribution is 2.56. The molecule has 1 N–H and O–H groups in total. The third kappa shape index (κ3) is 1.69. The van der Waals surface area contributed by atoms with Gasteiger partial charge in [0.1, 0.15) is 5.54 Å². The van der Waals surface area contributed by atoms with Gasteiger partial charge in [-0.2, -0.15) is 0 Å². The van der Waals surface area contributed by atoms with Crippen molar-refractivity contribution in [3.8, 4) is 0 Å². The van der Waals surface area contributed by atoms with Gasteiger partial charge < -0.3 is 10.0 Å². The van der Waals surface area contributed by atoms with E-state index in [0.29, 0.717) is 37.7 Å². The number of amides is 1. The van der Waals surface area contributed by atoms with Gasteiger partial charge >= 0.3 is 0 Å². The van der Waals surface area contributed by atoms with E-state index in [-0.39, 0.29) is 18.4 Å². The van der Waals surface area contributed by atoms with E-state index < -0.39 is 22.7 Å². The molecule has 2 saturated heterocycles. The predicted molar refractivity (Wildman–Crippen MR) is 84.6 cm³/mol. The third-order valence-electron chi connectivity index (χ3n) is 5.85. The Balaban J connectivity index is 2.31. The molecule has 0 bridgehead atoms. The Bertz CT molecular complexity index is 649. The molecule has 0 unspecified atom stereocenters. The highest BCUT2D eigenvalue weighted by atomic mass is 16.3. The maximum Gasteiger partial charge on any atom is 0.223 e. The van der Waals surface area contributed by atoms with Gasteiger partial charge in [-0.3, -0.25) is 14.4 Å². The van der Waals surface area contributed by atoms with Gasteiger partial charge in [0.05, 0.1) is 6.04 Å². The summed E-state index contributed by atoms with van der Waals surface area (Å²) in [6.07, 6.45) is 4.36. The van der Waals surface area contributed by atoms with E-state index in [1.165, 1.54) is 0 Å². The first kappa shape index (κ1) is 16.1. The maximum atomic E-state index is 12.9. The van der Waals surface area contributed by atoms with Crippen LogP contribution in [0.5, 0.6) is 0 Å². The monoisotopic (exact) mass is 317 g/mol. The van der Waals surface area contributed by atoms with Crippen LogP contribution < -0.4 is 0 Å². The summed E-state index contributed by atoms with van der Waals surface area (Å²) in [6, 6.07) is -0.245. The molecule has 124 valence electrons. The van der Waals surface area contributed by atoms with Crippen molar-refractivity contribution in [1.82, 2.24) is 4.90 Å². The lowest BCUT2D eigenvalue weighted by molar-refractivity contribution is -0.163. The molecule has 0 aromatic carbocycles. The average Bonchev–Trinajstić information content (AvgIpc) is 2.96. The van der Waals surface area contributed by atoms with Crippen LogP contribution in [-0.4, -0.2) is 44.7 Å². The van der Waals surface area contributed by atoms with Gasteiger partial charge in [-0.15, -0.1) is 6.58 Å². The molecule has 0 aromatic heterocycles. The van der Waals surface area contributed by atoms with E-state index >= 15 is 0 Å². The number of hydrogen-bond acceptors (Lipinski definition) is 4. The van der Waals surface area contributed by atoms with Crippen LogP contribution in [0, 0.1) is 0 Å². The predicted octanol–water partition coefficient (Wildman–Crippen LogP) is 1.70. The molecule has 3 rings (SSSR count). The van der Waals surface area contributed by atoms with Crippen LogP contribution in [0.3, 0.4) is 0 Å². The first-order valence-electron chi connectivity index (χ1n) is 8.31. The number of aliphatic hydroxyl groups is 1. The Hall–Kier alpha value is -1.75. The third-order valence-corrected chi connectivity index (χ3v) is 5.85. The zero-order valence-electron chi connectivity index (χ0n) is 13.7. The average molecular weight is 317 g/mol. The molecule has 3 atom stereocenters. The lowest BCUT2D eigenvalue weighted by atomic mass is 9.72. The molecule has 5 nitrogen and oxygen atoms in total. The summed E-state index contributed by atoms with van der Waals surface area (Å²) in [7, 11) is 0. The van der Waals surface area contributed by atoms with E-state index in [0.717, 1.165) is 5.57 Å². The van der Waals surface area contributed by atoms with Crippen molar-refractivity contribution < 1.29 is 19.5 Å². The van der Waals surface area contributed by atoms with Crippen LogP contribution in [0.15, 0.2) is 23.8 Å². The number of ketones is 2. The molecule has 5 heteroatoms. The fraction of sp³-hybridized carbons (Fsp3) is 0.611. The first-order chi connectivity index (χ1) is 10.9. The van der Waals surface area contributed by atoms with Crippen LogP contribution >= 0.6 is 0 Å². The summed E-state index contributed by atoms with van der Waals surface area (Å²) in [6.45, 7) is 7.11. The molecule has 1 spiro atoms. The summed E-state index contributed by atoms with van der Waals surface area (Å²) in [4.78, 5) is 39.8. The normalized spacial score (nSPS) is 36.8. The lowest BCUT2D eigenvalue weighted by Gasteiger charge is -2.46. The van der Waals surface area contributed by atoms with Crippen molar-refractivity contribution in [2.24, 2.45) is 0 Å². The lowest BCUT2D eigenvalue weighted by Crippen LogP contribution is -2.68. The smallest absolute Gasteiger partial charge is 0.223 e. The molecular weight excluding hydrogens is 294 g/mol. The van der Waals surface area contributed by atoms with Crippen LogP contribution in [0.25, 0.3) is 0 Å². The molecule has 1 amide bonds. The number of hydrogen-bond donors (Lipinski definition) is 1. The van der Waals surface area contributed by atoms with Crippen molar-refractivity contribution >= 4 is 17.5 Å². The van der Waals surface area contributed by atoms with Gasteiger partial charge in [-0.05, 0) is 43.8 Å². The van der Waals surface area contributed by atoms with E-state index in [2.05, 4.69) is 6.58 Å². The molecule has 23 heavy (non-hydrogen) atoms. The number of Topliss-reactive ketones (excluding diaryl/α,β-unsaturated/α-hetero) is 2. The van der Waals surface area contributed by atoms with E-state index in [1.807, 2.05) is 0 Å². The molecule has 3 aliphatic rings. The minimum Gasteiger partial charge on any atom is -0.372 e. The topological polar surface area (TPSA) is 74.7 Å². The molecule has 2 aliphatic heterocycles. The van der Waals surface area contributed by atoms with Gasteiger partial charge in [-0.1, -0.05) is 13.0 Å². The number of carbonyl (C=O) groups excluding carboxylic acids is 3. The summed E-state index contributed by atoms with van der Waals surface area (Å²) in [5, 5.41) is 11.3. The van der Waals surface area contributed by atoms with E-state index in [9.17, 15) is 19.5 Å². The fourth-order valence-electron chi connectivity index (χ4n) is 4.83. The van der Waals surface area contributed by atoms with Crippen molar-refractivity contribution in [3.05, 3.63) is 23.8 Å². The molecule has 1 aliphatic carbocycles. The van der Waals surface area contributed by atoms with Crippen LogP contribution in [0.1, 0.15) is 52.4 Å². The van der Waals surface area contributed by atoms with E-state index in [1.54, 1.807) is 24.8 Å². The minimum absolute atomic E-state index is 0.0608. The van der Waals surface area contributed by atoms with Gasteiger partial charge in [0.25, 0.3) is 0 Å². The van der Waals surface area contributed by atoms with Crippen molar-refractivity contribution in [2.75, 3.05) is 0 Å². The van der Waals surface area contributed by atoms with Crippen LogP contribution in [0.4, 0.5) is 0 Å². The first-order valence-corrected chi connectivity index (χ1v) is 8.31. The molecule has 0 aromatic rings. The SMILES string of the molecule is C=C[C@H]1CC[C@]23C(=C(C)C(=O)[C@@]2(O)C(=O)CC)CCCC(=O)N13. The molecule has 0 radical (unpaired) electrons.